The number of carbonyl (C=O) groups excluding carboxylic acids is 1. The summed E-state index contributed by atoms with van der Waals surface area (Å²) in [4.78, 5) is 16.0. The maximum absolute atomic E-state index is 12.0. The van der Waals surface area contributed by atoms with Gasteiger partial charge in [-0.2, -0.15) is 0 Å². The first-order chi connectivity index (χ1) is 9.78. The number of aromatic nitrogens is 1. The Morgan fingerprint density at radius 2 is 1.95 bits per heavy atom. The van der Waals surface area contributed by atoms with Crippen molar-refractivity contribution in [1.29, 1.82) is 0 Å². The molecule has 3 heteroatoms. The molecule has 1 aromatic heterocycles. The Morgan fingerprint density at radius 3 is 2.60 bits per heavy atom. The number of nitrogens with zero attached hydrogens (tertiary/aromatic N) is 1. The zero-order chi connectivity index (χ0) is 13.8. The lowest BCUT2D eigenvalue weighted by atomic mass is 9.96. The highest BCUT2D eigenvalue weighted by Gasteiger charge is 2.44. The van der Waals surface area contributed by atoms with Crippen molar-refractivity contribution in [2.75, 3.05) is 6.54 Å². The Hall–Kier alpha value is -2.16. The van der Waals surface area contributed by atoms with Gasteiger partial charge in [0.1, 0.15) is 0 Å². The third-order valence-electron chi connectivity index (χ3n) is 3.95. The van der Waals surface area contributed by atoms with Crippen molar-refractivity contribution < 1.29 is 4.79 Å². The van der Waals surface area contributed by atoms with Crippen molar-refractivity contribution in [2.24, 2.45) is 0 Å². The summed E-state index contributed by atoms with van der Waals surface area (Å²) in [7, 11) is 0. The highest BCUT2D eigenvalue weighted by molar-refractivity contribution is 5.78. The van der Waals surface area contributed by atoms with E-state index in [1.807, 2.05) is 18.2 Å². The molecule has 0 atom stereocenters. The monoisotopic (exact) mass is 266 g/mol. The van der Waals surface area contributed by atoms with Crippen LogP contribution in [0.3, 0.4) is 0 Å². The molecule has 20 heavy (non-hydrogen) atoms. The summed E-state index contributed by atoms with van der Waals surface area (Å²) >= 11 is 0. The van der Waals surface area contributed by atoms with Crippen LogP contribution in [0.4, 0.5) is 0 Å². The van der Waals surface area contributed by atoms with Gasteiger partial charge < -0.3 is 5.32 Å². The Kier molecular flexibility index (Phi) is 3.50. The van der Waals surface area contributed by atoms with Gasteiger partial charge in [-0.05, 0) is 30.0 Å². The van der Waals surface area contributed by atoms with Crippen molar-refractivity contribution in [3.05, 3.63) is 66.0 Å². The Bertz CT molecular complexity index is 576. The van der Waals surface area contributed by atoms with E-state index in [-0.39, 0.29) is 11.3 Å². The van der Waals surface area contributed by atoms with Gasteiger partial charge in [0.25, 0.3) is 0 Å². The number of hydrogen-bond donors (Lipinski definition) is 1. The van der Waals surface area contributed by atoms with E-state index in [2.05, 4.69) is 34.6 Å². The summed E-state index contributed by atoms with van der Waals surface area (Å²) in [6, 6.07) is 14.2. The number of rotatable bonds is 5. The van der Waals surface area contributed by atoms with Gasteiger partial charge in [0, 0.05) is 24.4 Å². The van der Waals surface area contributed by atoms with Crippen LogP contribution in [0.1, 0.15) is 24.0 Å². The quantitative estimate of drug-likeness (QED) is 0.903. The fourth-order valence-electron chi connectivity index (χ4n) is 2.53. The van der Waals surface area contributed by atoms with Crippen molar-refractivity contribution in [1.82, 2.24) is 10.3 Å². The first-order valence-corrected chi connectivity index (χ1v) is 7.00. The molecule has 0 bridgehead atoms. The second-order valence-corrected chi connectivity index (χ2v) is 5.46. The molecule has 0 aliphatic heterocycles. The van der Waals surface area contributed by atoms with Gasteiger partial charge in [-0.3, -0.25) is 9.78 Å². The summed E-state index contributed by atoms with van der Waals surface area (Å²) < 4.78 is 0. The molecule has 1 saturated carbocycles. The molecular formula is C17H18N2O. The van der Waals surface area contributed by atoms with E-state index in [9.17, 15) is 4.79 Å². The van der Waals surface area contributed by atoms with Crippen LogP contribution < -0.4 is 5.32 Å². The highest BCUT2D eigenvalue weighted by atomic mass is 16.1. The largest absolute Gasteiger partial charge is 0.355 e. The predicted molar refractivity (Wildman–Crippen MR) is 78.3 cm³/mol. The molecule has 0 unspecified atom stereocenters. The van der Waals surface area contributed by atoms with Crippen LogP contribution >= 0.6 is 0 Å². The number of hydrogen-bond acceptors (Lipinski definition) is 2. The van der Waals surface area contributed by atoms with Crippen LogP contribution in [0.15, 0.2) is 54.9 Å². The maximum Gasteiger partial charge on any atom is 0.224 e. The van der Waals surface area contributed by atoms with Crippen molar-refractivity contribution in [3.63, 3.8) is 0 Å². The summed E-state index contributed by atoms with van der Waals surface area (Å²) in [6.45, 7) is 0.732. The lowest BCUT2D eigenvalue weighted by Gasteiger charge is -2.16. The maximum atomic E-state index is 12.0. The van der Waals surface area contributed by atoms with Crippen LogP contribution in [-0.4, -0.2) is 17.4 Å². The van der Waals surface area contributed by atoms with E-state index in [1.165, 1.54) is 5.56 Å². The zero-order valence-corrected chi connectivity index (χ0v) is 11.4. The van der Waals surface area contributed by atoms with E-state index in [0.29, 0.717) is 6.42 Å². The number of amides is 1. The van der Waals surface area contributed by atoms with Crippen LogP contribution in [0.5, 0.6) is 0 Å². The first kappa shape index (κ1) is 12.9. The summed E-state index contributed by atoms with van der Waals surface area (Å²) in [5.41, 5.74) is 2.46. The Labute approximate surface area is 119 Å². The van der Waals surface area contributed by atoms with Crippen molar-refractivity contribution >= 4 is 5.91 Å². The summed E-state index contributed by atoms with van der Waals surface area (Å²) in [6.07, 6.45) is 6.17. The van der Waals surface area contributed by atoms with E-state index in [0.717, 1.165) is 24.9 Å². The molecule has 0 saturated heterocycles. The third-order valence-corrected chi connectivity index (χ3v) is 3.95. The molecular weight excluding hydrogens is 248 g/mol. The molecule has 1 aliphatic rings. The molecule has 3 rings (SSSR count). The van der Waals surface area contributed by atoms with Gasteiger partial charge in [0.2, 0.25) is 5.91 Å². The molecule has 1 heterocycles. The number of carbonyl (C=O) groups is 1. The molecule has 1 aliphatic carbocycles. The lowest BCUT2D eigenvalue weighted by molar-refractivity contribution is -0.120. The second kappa shape index (κ2) is 5.45. The van der Waals surface area contributed by atoms with E-state index in [1.54, 1.807) is 12.4 Å². The van der Waals surface area contributed by atoms with Gasteiger partial charge in [-0.15, -0.1) is 0 Å². The normalized spacial score (nSPS) is 15.6. The average Bonchev–Trinajstić information content (AvgIpc) is 3.28. The van der Waals surface area contributed by atoms with Gasteiger partial charge in [-0.25, -0.2) is 0 Å². The molecule has 102 valence electrons. The van der Waals surface area contributed by atoms with E-state index in [4.69, 9.17) is 0 Å². The molecule has 1 fully saturated rings. The van der Waals surface area contributed by atoms with Gasteiger partial charge in [0.15, 0.2) is 0 Å². The fourth-order valence-corrected chi connectivity index (χ4v) is 2.53. The summed E-state index contributed by atoms with van der Waals surface area (Å²) in [5.74, 6) is 0.0696. The van der Waals surface area contributed by atoms with Crippen LogP contribution in [-0.2, 0) is 16.6 Å². The van der Waals surface area contributed by atoms with Gasteiger partial charge in [-0.1, -0.05) is 36.4 Å². The Balaban J connectivity index is 1.56. The predicted octanol–water partition coefficient (Wildman–Crippen LogP) is 2.47. The molecule has 1 amide bonds. The highest BCUT2D eigenvalue weighted by Crippen LogP contribution is 2.47. The number of nitrogens with one attached hydrogen (secondary N) is 1. The van der Waals surface area contributed by atoms with Crippen molar-refractivity contribution in [3.8, 4) is 0 Å². The smallest absolute Gasteiger partial charge is 0.224 e. The van der Waals surface area contributed by atoms with Crippen molar-refractivity contribution in [2.45, 2.75) is 24.7 Å². The third kappa shape index (κ3) is 2.87. The van der Waals surface area contributed by atoms with E-state index >= 15 is 0 Å². The molecule has 1 aromatic carbocycles. The number of benzene rings is 1. The van der Waals surface area contributed by atoms with Crippen LogP contribution in [0.25, 0.3) is 0 Å². The van der Waals surface area contributed by atoms with Gasteiger partial charge >= 0.3 is 0 Å². The molecule has 2 aromatic rings. The standard InChI is InChI=1S/C17H18N2O/c20-16(11-14-5-4-10-18-12-14)19-13-17(8-9-17)15-6-2-1-3-7-15/h1-7,10,12H,8-9,11,13H2,(H,19,20). The minimum Gasteiger partial charge on any atom is -0.355 e. The van der Waals surface area contributed by atoms with E-state index < -0.39 is 0 Å². The number of pyridine rings is 1. The molecule has 3 nitrogen and oxygen atoms in total. The van der Waals surface area contributed by atoms with Gasteiger partial charge in [0.05, 0.1) is 6.42 Å². The SMILES string of the molecule is O=C(Cc1cccnc1)NCC1(c2ccccc2)CC1. The van der Waals surface area contributed by atoms with Crippen LogP contribution in [0, 0.1) is 0 Å². The molecule has 0 radical (unpaired) electrons. The second-order valence-electron chi connectivity index (χ2n) is 5.46. The first-order valence-electron chi connectivity index (χ1n) is 7.00. The fraction of sp³-hybridized carbons (Fsp3) is 0.294. The summed E-state index contributed by atoms with van der Waals surface area (Å²) in [5, 5.41) is 3.07. The minimum atomic E-state index is 0.0696. The lowest BCUT2D eigenvalue weighted by Crippen LogP contribution is -2.33. The Morgan fingerprint density at radius 1 is 1.15 bits per heavy atom. The molecule has 0 spiro atoms. The minimum absolute atomic E-state index is 0.0696. The molecule has 1 N–H and O–H groups in total. The topological polar surface area (TPSA) is 42.0 Å². The average molecular weight is 266 g/mol. The zero-order valence-electron chi connectivity index (χ0n) is 11.4. The van der Waals surface area contributed by atoms with Crippen LogP contribution in [0.2, 0.25) is 0 Å².